The van der Waals surface area contributed by atoms with Crippen molar-refractivity contribution < 1.29 is 23.9 Å². The van der Waals surface area contributed by atoms with E-state index in [-0.39, 0.29) is 6.61 Å². The molecule has 0 fully saturated rings. The van der Waals surface area contributed by atoms with Gasteiger partial charge in [0.25, 0.3) is 0 Å². The second kappa shape index (κ2) is 8.42. The first-order valence-electron chi connectivity index (χ1n) is 5.82. The highest BCUT2D eigenvalue weighted by Crippen LogP contribution is 2.00. The molecule has 0 saturated carbocycles. The lowest BCUT2D eigenvalue weighted by atomic mass is 10.2. The molecule has 1 aromatic rings. The molecule has 0 saturated heterocycles. The average Bonchev–Trinajstić information content (AvgIpc) is 2.49. The number of methoxy groups -OCH3 is 1. The van der Waals surface area contributed by atoms with Crippen molar-refractivity contribution in [1.29, 1.82) is 0 Å². The summed E-state index contributed by atoms with van der Waals surface area (Å²) in [5, 5.41) is 0. The van der Waals surface area contributed by atoms with Gasteiger partial charge in [0.05, 0.1) is 12.7 Å². The van der Waals surface area contributed by atoms with Crippen LogP contribution in [0.2, 0.25) is 0 Å². The molecule has 1 aromatic carbocycles. The number of ether oxygens (including phenoxy) is 2. The Morgan fingerprint density at radius 1 is 1.05 bits per heavy atom. The van der Waals surface area contributed by atoms with Gasteiger partial charge in [-0.2, -0.15) is 0 Å². The van der Waals surface area contributed by atoms with Crippen molar-refractivity contribution in [3.05, 3.63) is 60.2 Å². The molecule has 0 bridgehead atoms. The number of rotatable bonds is 6. The zero-order chi connectivity index (χ0) is 14.8. The summed E-state index contributed by atoms with van der Waals surface area (Å²) in [6, 6.07) is 8.52. The van der Waals surface area contributed by atoms with Crippen molar-refractivity contribution in [2.75, 3.05) is 13.7 Å². The summed E-state index contributed by atoms with van der Waals surface area (Å²) >= 11 is 0. The number of ketones is 1. The molecule has 0 N–H and O–H groups in total. The van der Waals surface area contributed by atoms with Crippen molar-refractivity contribution in [2.24, 2.45) is 0 Å². The van der Waals surface area contributed by atoms with Gasteiger partial charge in [0.1, 0.15) is 6.61 Å². The lowest BCUT2D eigenvalue weighted by Crippen LogP contribution is -2.05. The molecule has 0 spiro atoms. The van der Waals surface area contributed by atoms with E-state index >= 15 is 0 Å². The number of hydrogen-bond donors (Lipinski definition) is 0. The van der Waals surface area contributed by atoms with Crippen LogP contribution in [-0.2, 0) is 19.1 Å². The molecule has 1 rings (SSSR count). The van der Waals surface area contributed by atoms with E-state index in [2.05, 4.69) is 4.74 Å². The number of benzene rings is 1. The lowest BCUT2D eigenvalue weighted by Gasteiger charge is -2.00. The van der Waals surface area contributed by atoms with E-state index < -0.39 is 17.7 Å². The molecule has 0 atom stereocenters. The van der Waals surface area contributed by atoms with Crippen LogP contribution < -0.4 is 0 Å². The van der Waals surface area contributed by atoms with Gasteiger partial charge in [-0.15, -0.1) is 0 Å². The van der Waals surface area contributed by atoms with E-state index in [1.807, 2.05) is 0 Å². The standard InChI is InChI=1S/C15H14O5/c1-19-14(17)10-9-13(16)8-5-11-20-15(18)12-6-3-2-4-7-12/h2-10H,11H2,1H3. The summed E-state index contributed by atoms with van der Waals surface area (Å²) in [5.41, 5.74) is 0.442. The van der Waals surface area contributed by atoms with Gasteiger partial charge in [0.15, 0.2) is 5.78 Å². The SMILES string of the molecule is COC(=O)C=CC(=O)C=CCOC(=O)c1ccccc1. The molecule has 0 aromatic heterocycles. The molecule has 0 unspecified atom stereocenters. The summed E-state index contributed by atoms with van der Waals surface area (Å²) in [5.74, 6) is -1.47. The fourth-order valence-electron chi connectivity index (χ4n) is 1.22. The van der Waals surface area contributed by atoms with E-state index in [0.29, 0.717) is 5.56 Å². The second-order valence-corrected chi connectivity index (χ2v) is 3.63. The third kappa shape index (κ3) is 5.77. The minimum Gasteiger partial charge on any atom is -0.466 e. The highest BCUT2D eigenvalue weighted by atomic mass is 16.5. The summed E-state index contributed by atoms with van der Waals surface area (Å²) in [6.45, 7) is -0.0223. The van der Waals surface area contributed by atoms with Crippen LogP contribution in [0.3, 0.4) is 0 Å². The Hall–Kier alpha value is -2.69. The Kier molecular flexibility index (Phi) is 6.47. The molecular formula is C15H14O5. The number of esters is 2. The largest absolute Gasteiger partial charge is 0.466 e. The maximum Gasteiger partial charge on any atom is 0.338 e. The lowest BCUT2D eigenvalue weighted by molar-refractivity contribution is -0.135. The Morgan fingerprint density at radius 2 is 1.75 bits per heavy atom. The fourth-order valence-corrected chi connectivity index (χ4v) is 1.22. The van der Waals surface area contributed by atoms with Gasteiger partial charge in [0, 0.05) is 6.08 Å². The first-order valence-corrected chi connectivity index (χ1v) is 5.82. The van der Waals surface area contributed by atoms with Crippen LogP contribution in [0.25, 0.3) is 0 Å². The van der Waals surface area contributed by atoms with E-state index in [9.17, 15) is 14.4 Å². The monoisotopic (exact) mass is 274 g/mol. The van der Waals surface area contributed by atoms with Gasteiger partial charge in [-0.25, -0.2) is 9.59 Å². The molecule has 5 heteroatoms. The topological polar surface area (TPSA) is 69.7 Å². The van der Waals surface area contributed by atoms with Gasteiger partial charge >= 0.3 is 11.9 Å². The van der Waals surface area contributed by atoms with Crippen molar-refractivity contribution in [1.82, 2.24) is 0 Å². The molecule has 0 heterocycles. The molecule has 20 heavy (non-hydrogen) atoms. The molecule has 0 radical (unpaired) electrons. The molecule has 0 aliphatic carbocycles. The number of hydrogen-bond acceptors (Lipinski definition) is 5. The maximum atomic E-state index is 11.5. The van der Waals surface area contributed by atoms with E-state index in [1.54, 1.807) is 30.3 Å². The van der Waals surface area contributed by atoms with Gasteiger partial charge in [-0.3, -0.25) is 4.79 Å². The first-order chi connectivity index (χ1) is 9.63. The summed E-state index contributed by atoms with van der Waals surface area (Å²) in [6.07, 6.45) is 4.69. The van der Waals surface area contributed by atoms with Crippen LogP contribution >= 0.6 is 0 Å². The minimum atomic E-state index is -0.609. The van der Waals surface area contributed by atoms with Crippen LogP contribution in [0.4, 0.5) is 0 Å². The highest BCUT2D eigenvalue weighted by Gasteiger charge is 2.03. The van der Waals surface area contributed by atoms with Crippen LogP contribution in [0.15, 0.2) is 54.6 Å². The summed E-state index contributed by atoms with van der Waals surface area (Å²) in [4.78, 5) is 33.5. The van der Waals surface area contributed by atoms with Crippen LogP contribution in [0.5, 0.6) is 0 Å². The predicted molar refractivity (Wildman–Crippen MR) is 72.0 cm³/mol. The van der Waals surface area contributed by atoms with Crippen molar-refractivity contribution >= 4 is 17.7 Å². The molecule has 5 nitrogen and oxygen atoms in total. The maximum absolute atomic E-state index is 11.5. The smallest absolute Gasteiger partial charge is 0.338 e. The van der Waals surface area contributed by atoms with Crippen LogP contribution in [0, 0.1) is 0 Å². The Morgan fingerprint density at radius 3 is 2.40 bits per heavy atom. The zero-order valence-corrected chi connectivity index (χ0v) is 10.9. The first kappa shape index (κ1) is 15.4. The van der Waals surface area contributed by atoms with Crippen molar-refractivity contribution in [3.8, 4) is 0 Å². The number of carbonyl (C=O) groups excluding carboxylic acids is 3. The molecule has 0 aliphatic rings. The number of allylic oxidation sites excluding steroid dienone is 2. The number of carbonyl (C=O) groups is 3. The summed E-state index contributed by atoms with van der Waals surface area (Å²) in [7, 11) is 1.22. The quantitative estimate of drug-likeness (QED) is 0.583. The van der Waals surface area contributed by atoms with E-state index in [4.69, 9.17) is 4.74 Å². The molecule has 0 amide bonds. The van der Waals surface area contributed by atoms with Crippen LogP contribution in [-0.4, -0.2) is 31.4 Å². The van der Waals surface area contributed by atoms with E-state index in [0.717, 1.165) is 12.2 Å². The zero-order valence-electron chi connectivity index (χ0n) is 10.9. The van der Waals surface area contributed by atoms with Gasteiger partial charge in [-0.1, -0.05) is 18.2 Å². The van der Waals surface area contributed by atoms with Gasteiger partial charge in [-0.05, 0) is 30.4 Å². The average molecular weight is 274 g/mol. The summed E-state index contributed by atoms with van der Waals surface area (Å²) < 4.78 is 9.27. The van der Waals surface area contributed by atoms with Crippen molar-refractivity contribution in [3.63, 3.8) is 0 Å². The van der Waals surface area contributed by atoms with Crippen LogP contribution in [0.1, 0.15) is 10.4 Å². The van der Waals surface area contributed by atoms with Gasteiger partial charge < -0.3 is 9.47 Å². The minimum absolute atomic E-state index is 0.0223. The van der Waals surface area contributed by atoms with E-state index in [1.165, 1.54) is 19.3 Å². The normalized spacial score (nSPS) is 10.7. The predicted octanol–water partition coefficient (Wildman–Crippen LogP) is 1.70. The molecule has 104 valence electrons. The highest BCUT2D eigenvalue weighted by molar-refractivity contribution is 6.02. The Bertz CT molecular complexity index is 528. The third-order valence-electron chi connectivity index (χ3n) is 2.19. The molecular weight excluding hydrogens is 260 g/mol. The van der Waals surface area contributed by atoms with Crippen molar-refractivity contribution in [2.45, 2.75) is 0 Å². The fraction of sp³-hybridized carbons (Fsp3) is 0.133. The Balaban J connectivity index is 2.35. The Labute approximate surface area is 116 Å². The van der Waals surface area contributed by atoms with Gasteiger partial charge in [0.2, 0.25) is 0 Å². The molecule has 0 aliphatic heterocycles. The third-order valence-corrected chi connectivity index (χ3v) is 2.19. The second-order valence-electron chi connectivity index (χ2n) is 3.63.